The van der Waals surface area contributed by atoms with Gasteiger partial charge in [-0.3, -0.25) is 4.79 Å². The van der Waals surface area contributed by atoms with Gasteiger partial charge < -0.3 is 25.6 Å². The van der Waals surface area contributed by atoms with E-state index >= 15 is 0 Å². The number of benzene rings is 2. The van der Waals surface area contributed by atoms with Crippen molar-refractivity contribution >= 4 is 5.91 Å². The Bertz CT molecular complexity index is 1120. The number of nitrogens with zero attached hydrogens (tertiary/aromatic N) is 1. The van der Waals surface area contributed by atoms with Crippen molar-refractivity contribution in [2.24, 2.45) is 17.6 Å². The van der Waals surface area contributed by atoms with Crippen LogP contribution in [0.15, 0.2) is 48.5 Å². The number of carbonyl (C=O) groups excluding carboxylic acids is 1. The molecule has 1 aliphatic carbocycles. The Balaban J connectivity index is 1.67. The van der Waals surface area contributed by atoms with E-state index in [9.17, 15) is 28.2 Å². The van der Waals surface area contributed by atoms with Gasteiger partial charge in [-0.2, -0.15) is 13.2 Å². The Morgan fingerprint density at radius 1 is 1.13 bits per heavy atom. The minimum atomic E-state index is -4.48. The zero-order valence-corrected chi connectivity index (χ0v) is 22.4. The minimum absolute atomic E-state index is 0.0559. The second-order valence-corrected chi connectivity index (χ2v) is 11.0. The standard InChI is InChI=1S/C30H39F3N2O4/c1-39-15-5-4-13-29(38,23-10-7-14-35(19-23)28(37)21-17-26(34)27(36)18-21)25-12-3-2-11-24(25)20-8-6-9-22(16-20)30(31,32)33/h2-3,6,8-9,11-12,16,21,23,26-27,36,38H,4-5,7,10,13-15,17-19,34H2,1H3/t21-,23?,26+,27-,29-/m0/s1. The van der Waals surface area contributed by atoms with Crippen molar-refractivity contribution in [2.75, 3.05) is 26.8 Å². The van der Waals surface area contributed by atoms with Crippen LogP contribution in [-0.4, -0.2) is 60.0 Å². The summed E-state index contributed by atoms with van der Waals surface area (Å²) in [5.41, 5.74) is 5.34. The molecule has 1 amide bonds. The monoisotopic (exact) mass is 548 g/mol. The number of amides is 1. The molecule has 0 aromatic heterocycles. The van der Waals surface area contributed by atoms with Gasteiger partial charge >= 0.3 is 6.18 Å². The highest BCUT2D eigenvalue weighted by atomic mass is 19.4. The number of piperidine rings is 1. The number of alkyl halides is 3. The van der Waals surface area contributed by atoms with Crippen LogP contribution < -0.4 is 5.73 Å². The molecule has 4 rings (SSSR count). The number of aliphatic hydroxyl groups is 2. The van der Waals surface area contributed by atoms with Crippen LogP contribution in [0.25, 0.3) is 11.1 Å². The van der Waals surface area contributed by atoms with Crippen molar-refractivity contribution in [1.82, 2.24) is 4.90 Å². The maximum Gasteiger partial charge on any atom is 0.416 e. The van der Waals surface area contributed by atoms with Crippen LogP contribution in [-0.2, 0) is 21.3 Å². The SMILES string of the molecule is COCCCC[C@@](O)(c1ccccc1-c1cccc(C(F)(F)F)c1)C1CCCN(C(=O)[C@H]2C[C@@H](N)[C@@H](O)C2)C1. The van der Waals surface area contributed by atoms with E-state index in [-0.39, 0.29) is 17.7 Å². The van der Waals surface area contributed by atoms with Gasteiger partial charge in [-0.15, -0.1) is 0 Å². The number of hydrogen-bond acceptors (Lipinski definition) is 5. The van der Waals surface area contributed by atoms with Gasteiger partial charge in [0, 0.05) is 44.7 Å². The molecule has 0 radical (unpaired) electrons. The Morgan fingerprint density at radius 3 is 2.59 bits per heavy atom. The molecule has 214 valence electrons. The second-order valence-electron chi connectivity index (χ2n) is 11.0. The largest absolute Gasteiger partial charge is 0.416 e. The topological polar surface area (TPSA) is 96.0 Å². The molecule has 1 heterocycles. The molecule has 1 aliphatic heterocycles. The van der Waals surface area contributed by atoms with Crippen LogP contribution in [0.4, 0.5) is 13.2 Å². The quantitative estimate of drug-likeness (QED) is 0.395. The van der Waals surface area contributed by atoms with Gasteiger partial charge in [0.1, 0.15) is 0 Å². The molecule has 4 N–H and O–H groups in total. The highest BCUT2D eigenvalue weighted by molar-refractivity contribution is 5.79. The van der Waals surface area contributed by atoms with Gasteiger partial charge in [-0.1, -0.05) is 36.4 Å². The summed E-state index contributed by atoms with van der Waals surface area (Å²) in [6.45, 7) is 1.43. The molecule has 1 saturated heterocycles. The summed E-state index contributed by atoms with van der Waals surface area (Å²) >= 11 is 0. The molecule has 39 heavy (non-hydrogen) atoms. The molecule has 5 atom stereocenters. The molecule has 1 saturated carbocycles. The summed E-state index contributed by atoms with van der Waals surface area (Å²) in [5.74, 6) is -0.717. The number of halogens is 3. The first-order valence-electron chi connectivity index (χ1n) is 13.8. The van der Waals surface area contributed by atoms with Crippen LogP contribution in [0.2, 0.25) is 0 Å². The summed E-state index contributed by atoms with van der Waals surface area (Å²) in [4.78, 5) is 15.1. The molecule has 2 fully saturated rings. The summed E-state index contributed by atoms with van der Waals surface area (Å²) in [7, 11) is 1.62. The molecule has 0 bridgehead atoms. The van der Waals surface area contributed by atoms with E-state index in [0.717, 1.165) is 18.6 Å². The highest BCUT2D eigenvalue weighted by Gasteiger charge is 2.44. The number of hydrogen-bond donors (Lipinski definition) is 3. The third kappa shape index (κ3) is 6.65. The third-order valence-corrected chi connectivity index (χ3v) is 8.39. The summed E-state index contributed by atoms with van der Waals surface area (Å²) in [6, 6.07) is 11.8. The van der Waals surface area contributed by atoms with Crippen LogP contribution in [0.1, 0.15) is 56.1 Å². The van der Waals surface area contributed by atoms with Gasteiger partial charge in [0.25, 0.3) is 0 Å². The first kappa shape index (κ1) is 29.5. The lowest BCUT2D eigenvalue weighted by atomic mass is 9.72. The number of methoxy groups -OCH3 is 1. The Labute approximate surface area is 228 Å². The third-order valence-electron chi connectivity index (χ3n) is 8.39. The van der Waals surface area contributed by atoms with E-state index in [1.165, 1.54) is 6.07 Å². The smallest absolute Gasteiger partial charge is 0.391 e. The number of ether oxygens (including phenoxy) is 1. The maximum atomic E-state index is 13.5. The molecule has 2 aromatic carbocycles. The van der Waals surface area contributed by atoms with Crippen molar-refractivity contribution in [1.29, 1.82) is 0 Å². The van der Waals surface area contributed by atoms with Crippen molar-refractivity contribution < 1.29 is 32.9 Å². The lowest BCUT2D eigenvalue weighted by Gasteiger charge is -2.44. The minimum Gasteiger partial charge on any atom is -0.391 e. The fourth-order valence-electron chi connectivity index (χ4n) is 6.25. The fraction of sp³-hybridized carbons (Fsp3) is 0.567. The summed E-state index contributed by atoms with van der Waals surface area (Å²) in [6.07, 6.45) is -1.29. The first-order chi connectivity index (χ1) is 18.5. The molecule has 0 spiro atoms. The number of likely N-dealkylation sites (tertiary alicyclic amines) is 1. The van der Waals surface area contributed by atoms with Crippen molar-refractivity contribution in [3.63, 3.8) is 0 Å². The predicted molar refractivity (Wildman–Crippen MR) is 143 cm³/mol. The van der Waals surface area contributed by atoms with E-state index in [2.05, 4.69) is 0 Å². The number of aliphatic hydroxyl groups excluding tert-OH is 1. The number of carbonyl (C=O) groups is 1. The van der Waals surface area contributed by atoms with Gasteiger partial charge in [0.05, 0.1) is 17.3 Å². The van der Waals surface area contributed by atoms with Gasteiger partial charge in [-0.05, 0) is 73.8 Å². The first-order valence-corrected chi connectivity index (χ1v) is 13.8. The zero-order valence-electron chi connectivity index (χ0n) is 22.4. The zero-order chi connectivity index (χ0) is 28.2. The molecule has 1 unspecified atom stereocenters. The van der Waals surface area contributed by atoms with Crippen molar-refractivity contribution in [2.45, 2.75) is 68.9 Å². The normalized spacial score (nSPS) is 25.5. The fourth-order valence-corrected chi connectivity index (χ4v) is 6.25. The molecular weight excluding hydrogens is 509 g/mol. The highest BCUT2D eigenvalue weighted by Crippen LogP contribution is 2.44. The van der Waals surface area contributed by atoms with E-state index in [4.69, 9.17) is 10.5 Å². The van der Waals surface area contributed by atoms with Crippen LogP contribution in [0.5, 0.6) is 0 Å². The number of rotatable bonds is 9. The maximum absolute atomic E-state index is 13.5. The summed E-state index contributed by atoms with van der Waals surface area (Å²) in [5, 5.41) is 22.5. The molecule has 9 heteroatoms. The molecule has 2 aliphatic rings. The summed E-state index contributed by atoms with van der Waals surface area (Å²) < 4.78 is 45.8. The Kier molecular flexibility index (Phi) is 9.37. The number of nitrogens with two attached hydrogens (primary N) is 1. The number of unbranched alkanes of at least 4 members (excludes halogenated alkanes) is 1. The Hall–Kier alpha value is -2.46. The van der Waals surface area contributed by atoms with Crippen molar-refractivity contribution in [3.8, 4) is 11.1 Å². The van der Waals surface area contributed by atoms with E-state index in [1.807, 2.05) is 0 Å². The second kappa shape index (κ2) is 12.4. The molecule has 6 nitrogen and oxygen atoms in total. The van der Waals surface area contributed by atoms with Crippen molar-refractivity contribution in [3.05, 3.63) is 59.7 Å². The van der Waals surface area contributed by atoms with E-state index in [1.54, 1.807) is 42.3 Å². The van der Waals surface area contributed by atoms with Crippen LogP contribution in [0, 0.1) is 11.8 Å². The van der Waals surface area contributed by atoms with Gasteiger partial charge in [0.2, 0.25) is 5.91 Å². The lowest BCUT2D eigenvalue weighted by molar-refractivity contribution is -0.141. The van der Waals surface area contributed by atoms with E-state index in [0.29, 0.717) is 74.9 Å². The van der Waals surface area contributed by atoms with Crippen LogP contribution >= 0.6 is 0 Å². The van der Waals surface area contributed by atoms with Gasteiger partial charge in [0.15, 0.2) is 0 Å². The van der Waals surface area contributed by atoms with Crippen LogP contribution in [0.3, 0.4) is 0 Å². The predicted octanol–water partition coefficient (Wildman–Crippen LogP) is 4.71. The lowest BCUT2D eigenvalue weighted by Crippen LogP contribution is -2.49. The average molecular weight is 549 g/mol. The Morgan fingerprint density at radius 2 is 1.90 bits per heavy atom. The average Bonchev–Trinajstić information content (AvgIpc) is 3.28. The van der Waals surface area contributed by atoms with Gasteiger partial charge in [-0.25, -0.2) is 0 Å². The molecule has 2 aromatic rings. The molecular formula is C30H39F3N2O4. The van der Waals surface area contributed by atoms with E-state index < -0.39 is 29.5 Å².